The lowest BCUT2D eigenvalue weighted by Crippen LogP contribution is -2.25. The summed E-state index contributed by atoms with van der Waals surface area (Å²) in [7, 11) is 0. The second-order valence-corrected chi connectivity index (χ2v) is 8.02. The number of furan rings is 1. The van der Waals surface area contributed by atoms with E-state index in [0.29, 0.717) is 38.4 Å². The van der Waals surface area contributed by atoms with Crippen molar-refractivity contribution in [2.75, 3.05) is 4.90 Å². The molecule has 2 aromatic carbocycles. The number of rotatable bonds is 4. The summed E-state index contributed by atoms with van der Waals surface area (Å²) < 4.78 is 5.97. The average Bonchev–Trinajstić information content (AvgIpc) is 3.41. The summed E-state index contributed by atoms with van der Waals surface area (Å²) in [6, 6.07) is 22.2. The molecule has 0 bridgehead atoms. The van der Waals surface area contributed by atoms with Crippen molar-refractivity contribution in [2.24, 2.45) is 0 Å². The van der Waals surface area contributed by atoms with Crippen LogP contribution < -0.4 is 4.90 Å². The molecule has 0 fully saturated rings. The first-order chi connectivity index (χ1) is 15.6. The zero-order valence-electron chi connectivity index (χ0n) is 16.7. The van der Waals surface area contributed by atoms with Crippen LogP contribution in [0.5, 0.6) is 0 Å². The maximum absolute atomic E-state index is 13.4. The van der Waals surface area contributed by atoms with E-state index < -0.39 is 0 Å². The zero-order valence-corrected chi connectivity index (χ0v) is 18.2. The van der Waals surface area contributed by atoms with Gasteiger partial charge in [-0.25, -0.2) is 0 Å². The summed E-state index contributed by atoms with van der Waals surface area (Å²) in [5.41, 5.74) is 3.60. The molecule has 0 N–H and O–H groups in total. The molecule has 32 heavy (non-hydrogen) atoms. The molecule has 4 aromatic rings. The maximum atomic E-state index is 13.4. The third-order valence-electron chi connectivity index (χ3n) is 5.08. The standard InChI is InChI=1S/C26H16Cl2N2O2/c27-19-8-10-23(28)22(15-19)25-11-9-21(32-25)13-18-14-24(17-5-2-1-3-6-17)30(26(18)31)20-7-4-12-29-16-20/h1-16H/b18-13+. The number of carbonyl (C=O) groups excluding carboxylic acids is 1. The van der Waals surface area contributed by atoms with E-state index in [0.717, 1.165) is 11.3 Å². The fourth-order valence-corrected chi connectivity index (χ4v) is 3.98. The molecule has 156 valence electrons. The highest BCUT2D eigenvalue weighted by molar-refractivity contribution is 6.35. The molecule has 1 amide bonds. The number of halogens is 2. The van der Waals surface area contributed by atoms with E-state index in [1.165, 1.54) is 0 Å². The summed E-state index contributed by atoms with van der Waals surface area (Å²) in [5.74, 6) is 0.956. The van der Waals surface area contributed by atoms with Crippen LogP contribution in [-0.4, -0.2) is 10.9 Å². The predicted octanol–water partition coefficient (Wildman–Crippen LogP) is 7.12. The summed E-state index contributed by atoms with van der Waals surface area (Å²) in [6.07, 6.45) is 6.94. The third-order valence-corrected chi connectivity index (χ3v) is 5.64. The van der Waals surface area contributed by atoms with Crippen LogP contribution in [-0.2, 0) is 4.79 Å². The Labute approximate surface area is 195 Å². The first-order valence-corrected chi connectivity index (χ1v) is 10.6. The van der Waals surface area contributed by atoms with Gasteiger partial charge in [-0.3, -0.25) is 14.7 Å². The number of nitrogens with zero attached hydrogens (tertiary/aromatic N) is 2. The van der Waals surface area contributed by atoms with Gasteiger partial charge < -0.3 is 4.42 Å². The third kappa shape index (κ3) is 3.86. The highest BCUT2D eigenvalue weighted by Gasteiger charge is 2.30. The molecule has 2 aromatic heterocycles. The van der Waals surface area contributed by atoms with Crippen molar-refractivity contribution < 1.29 is 9.21 Å². The van der Waals surface area contributed by atoms with Crippen molar-refractivity contribution in [1.29, 1.82) is 0 Å². The van der Waals surface area contributed by atoms with Crippen molar-refractivity contribution in [3.8, 4) is 11.3 Å². The van der Waals surface area contributed by atoms with Gasteiger partial charge in [-0.15, -0.1) is 0 Å². The molecule has 4 nitrogen and oxygen atoms in total. The minimum absolute atomic E-state index is 0.157. The van der Waals surface area contributed by atoms with Crippen LogP contribution in [0, 0.1) is 0 Å². The predicted molar refractivity (Wildman–Crippen MR) is 128 cm³/mol. The van der Waals surface area contributed by atoms with Crippen LogP contribution in [0.4, 0.5) is 5.69 Å². The topological polar surface area (TPSA) is 46.3 Å². The van der Waals surface area contributed by atoms with Crippen molar-refractivity contribution in [3.05, 3.63) is 118 Å². The number of aromatic nitrogens is 1. The Bertz CT molecular complexity index is 1360. The Balaban J connectivity index is 1.55. The smallest absolute Gasteiger partial charge is 0.263 e. The number of anilines is 1. The molecule has 0 aliphatic carbocycles. The van der Waals surface area contributed by atoms with Crippen LogP contribution in [0.15, 0.2) is 101 Å². The summed E-state index contributed by atoms with van der Waals surface area (Å²) >= 11 is 12.4. The molecular weight excluding hydrogens is 443 g/mol. The van der Waals surface area contributed by atoms with Crippen LogP contribution >= 0.6 is 23.2 Å². The average molecular weight is 459 g/mol. The minimum Gasteiger partial charge on any atom is -0.457 e. The number of pyridine rings is 1. The second kappa shape index (κ2) is 8.50. The monoisotopic (exact) mass is 458 g/mol. The largest absolute Gasteiger partial charge is 0.457 e. The zero-order chi connectivity index (χ0) is 22.1. The molecule has 1 aliphatic rings. The fourth-order valence-electron chi connectivity index (χ4n) is 3.59. The second-order valence-electron chi connectivity index (χ2n) is 7.17. The molecule has 0 spiro atoms. The fraction of sp³-hybridized carbons (Fsp3) is 0. The maximum Gasteiger partial charge on any atom is 0.263 e. The van der Waals surface area contributed by atoms with E-state index in [4.69, 9.17) is 27.6 Å². The Kier molecular flexibility index (Phi) is 5.39. The van der Waals surface area contributed by atoms with Crippen LogP contribution in [0.25, 0.3) is 23.1 Å². The van der Waals surface area contributed by atoms with E-state index in [2.05, 4.69) is 4.98 Å². The van der Waals surface area contributed by atoms with Gasteiger partial charge in [-0.05, 0) is 60.2 Å². The van der Waals surface area contributed by atoms with Gasteiger partial charge in [0.05, 0.1) is 22.6 Å². The quantitative estimate of drug-likeness (QED) is 0.305. The number of hydrogen-bond donors (Lipinski definition) is 0. The van der Waals surface area contributed by atoms with Gasteiger partial charge in [-0.2, -0.15) is 0 Å². The number of benzene rings is 2. The van der Waals surface area contributed by atoms with Crippen LogP contribution in [0.1, 0.15) is 11.3 Å². The van der Waals surface area contributed by atoms with Gasteiger partial charge in [0.25, 0.3) is 5.91 Å². The van der Waals surface area contributed by atoms with E-state index in [1.807, 2.05) is 48.5 Å². The van der Waals surface area contributed by atoms with E-state index in [-0.39, 0.29) is 5.91 Å². The molecule has 0 saturated heterocycles. The number of amides is 1. The van der Waals surface area contributed by atoms with Gasteiger partial charge in [0.2, 0.25) is 0 Å². The highest BCUT2D eigenvalue weighted by Crippen LogP contribution is 2.36. The SMILES string of the molecule is O=C1/C(=C/c2ccc(-c3cc(Cl)ccc3Cl)o2)C=C(c2ccccc2)N1c1cccnc1. The van der Waals surface area contributed by atoms with Gasteiger partial charge >= 0.3 is 0 Å². The van der Waals surface area contributed by atoms with Crippen molar-refractivity contribution in [1.82, 2.24) is 4.98 Å². The van der Waals surface area contributed by atoms with Crippen molar-refractivity contribution in [2.45, 2.75) is 0 Å². The lowest BCUT2D eigenvalue weighted by molar-refractivity contribution is -0.113. The molecule has 3 heterocycles. The minimum atomic E-state index is -0.157. The summed E-state index contributed by atoms with van der Waals surface area (Å²) in [4.78, 5) is 19.2. The Morgan fingerprint density at radius 1 is 0.938 bits per heavy atom. The molecular formula is C26H16Cl2N2O2. The summed E-state index contributed by atoms with van der Waals surface area (Å²) in [6.45, 7) is 0. The normalized spacial score (nSPS) is 14.8. The molecule has 1 aliphatic heterocycles. The number of carbonyl (C=O) groups is 1. The highest BCUT2D eigenvalue weighted by atomic mass is 35.5. The molecule has 0 unspecified atom stereocenters. The van der Waals surface area contributed by atoms with Crippen LogP contribution in [0.3, 0.4) is 0 Å². The molecule has 0 saturated carbocycles. The van der Waals surface area contributed by atoms with Gasteiger partial charge in [0.1, 0.15) is 11.5 Å². The van der Waals surface area contributed by atoms with Crippen molar-refractivity contribution >= 4 is 46.6 Å². The Morgan fingerprint density at radius 3 is 2.56 bits per heavy atom. The molecule has 6 heteroatoms. The van der Waals surface area contributed by atoms with E-state index in [1.54, 1.807) is 53.7 Å². The Hall–Kier alpha value is -3.60. The molecule has 5 rings (SSSR count). The van der Waals surface area contributed by atoms with Crippen molar-refractivity contribution in [3.63, 3.8) is 0 Å². The first-order valence-electron chi connectivity index (χ1n) is 9.89. The lowest BCUT2D eigenvalue weighted by atomic mass is 10.1. The van der Waals surface area contributed by atoms with Crippen LogP contribution in [0.2, 0.25) is 10.0 Å². The summed E-state index contributed by atoms with van der Waals surface area (Å²) in [5, 5.41) is 1.10. The molecule has 0 radical (unpaired) electrons. The first kappa shape index (κ1) is 20.3. The molecule has 0 atom stereocenters. The van der Waals surface area contributed by atoms with E-state index in [9.17, 15) is 4.79 Å². The lowest BCUT2D eigenvalue weighted by Gasteiger charge is -2.20. The number of hydrogen-bond acceptors (Lipinski definition) is 3. The van der Waals surface area contributed by atoms with Gasteiger partial charge in [-0.1, -0.05) is 53.5 Å². The Morgan fingerprint density at radius 2 is 1.78 bits per heavy atom. The van der Waals surface area contributed by atoms with Gasteiger partial charge in [0.15, 0.2) is 0 Å². The van der Waals surface area contributed by atoms with E-state index >= 15 is 0 Å². The van der Waals surface area contributed by atoms with Gasteiger partial charge in [0, 0.05) is 22.4 Å².